The van der Waals surface area contributed by atoms with Gasteiger partial charge in [0.25, 0.3) is 5.91 Å². The highest BCUT2D eigenvalue weighted by Crippen LogP contribution is 2.33. The first-order valence-corrected chi connectivity index (χ1v) is 8.43. The maximum atomic E-state index is 12.7. The van der Waals surface area contributed by atoms with Crippen LogP contribution in [0.2, 0.25) is 10.0 Å². The lowest BCUT2D eigenvalue weighted by molar-refractivity contribution is -0.121. The number of imide groups is 1. The van der Waals surface area contributed by atoms with Gasteiger partial charge in [-0.2, -0.15) is 0 Å². The first kappa shape index (κ1) is 16.8. The summed E-state index contributed by atoms with van der Waals surface area (Å²) >= 11 is 12.0. The molecule has 1 saturated heterocycles. The Kier molecular flexibility index (Phi) is 4.78. The van der Waals surface area contributed by atoms with Crippen LogP contribution in [0.1, 0.15) is 18.9 Å². The number of para-hydroxylation sites is 1. The van der Waals surface area contributed by atoms with Crippen molar-refractivity contribution in [3.05, 3.63) is 58.1 Å². The molecule has 0 unspecified atom stereocenters. The van der Waals surface area contributed by atoms with Gasteiger partial charge in [-0.25, -0.2) is 4.90 Å². The third kappa shape index (κ3) is 3.12. The highest BCUT2D eigenvalue weighted by Gasteiger charge is 2.40. The van der Waals surface area contributed by atoms with Gasteiger partial charge >= 0.3 is 0 Å². The molecule has 1 aliphatic rings. The molecular weight excluding hydrogens is 347 g/mol. The van der Waals surface area contributed by atoms with Gasteiger partial charge in [0.2, 0.25) is 5.91 Å². The second-order valence-electron chi connectivity index (χ2n) is 5.57. The molecule has 1 N–H and O–H groups in total. The fraction of sp³-hybridized carbons (Fsp3) is 0.222. The summed E-state index contributed by atoms with van der Waals surface area (Å²) in [5, 5.41) is 3.92. The number of rotatable bonds is 4. The molecule has 1 heterocycles. The van der Waals surface area contributed by atoms with Crippen LogP contribution in [0, 0.1) is 0 Å². The fourth-order valence-electron chi connectivity index (χ4n) is 2.82. The Bertz CT molecular complexity index is 807. The first-order chi connectivity index (χ1) is 11.5. The van der Waals surface area contributed by atoms with Crippen LogP contribution >= 0.6 is 23.2 Å². The molecule has 1 atom stereocenters. The van der Waals surface area contributed by atoms with E-state index in [0.29, 0.717) is 10.7 Å². The number of benzene rings is 2. The summed E-state index contributed by atoms with van der Waals surface area (Å²) in [7, 11) is 0. The minimum atomic E-state index is -0.600. The van der Waals surface area contributed by atoms with Crippen molar-refractivity contribution < 1.29 is 9.59 Å². The SMILES string of the molecule is CCc1ccccc1N[C@H]1CC(=O)N(c2ccc(Cl)cc2Cl)C1=O. The van der Waals surface area contributed by atoms with Crippen molar-refractivity contribution in [2.45, 2.75) is 25.8 Å². The molecule has 3 rings (SSSR count). The van der Waals surface area contributed by atoms with Crippen molar-refractivity contribution in [3.63, 3.8) is 0 Å². The topological polar surface area (TPSA) is 49.4 Å². The molecule has 0 aliphatic carbocycles. The number of anilines is 2. The smallest absolute Gasteiger partial charge is 0.256 e. The fourth-order valence-corrected chi connectivity index (χ4v) is 3.31. The average Bonchev–Trinajstić information content (AvgIpc) is 2.83. The lowest BCUT2D eigenvalue weighted by Crippen LogP contribution is -2.35. The Morgan fingerprint density at radius 2 is 1.92 bits per heavy atom. The van der Waals surface area contributed by atoms with Crippen molar-refractivity contribution in [2.24, 2.45) is 0 Å². The second-order valence-corrected chi connectivity index (χ2v) is 6.42. The van der Waals surface area contributed by atoms with Crippen molar-refractivity contribution in [3.8, 4) is 0 Å². The maximum absolute atomic E-state index is 12.7. The van der Waals surface area contributed by atoms with E-state index in [-0.39, 0.29) is 23.3 Å². The Balaban J connectivity index is 1.86. The van der Waals surface area contributed by atoms with E-state index in [0.717, 1.165) is 22.6 Å². The van der Waals surface area contributed by atoms with Crippen molar-refractivity contribution in [2.75, 3.05) is 10.2 Å². The van der Waals surface area contributed by atoms with Crippen LogP contribution in [-0.4, -0.2) is 17.9 Å². The van der Waals surface area contributed by atoms with Crippen LogP contribution in [0.5, 0.6) is 0 Å². The largest absolute Gasteiger partial charge is 0.373 e. The summed E-state index contributed by atoms with van der Waals surface area (Å²) in [4.78, 5) is 26.2. The Morgan fingerprint density at radius 1 is 1.17 bits per heavy atom. The lowest BCUT2D eigenvalue weighted by atomic mass is 10.1. The van der Waals surface area contributed by atoms with Gasteiger partial charge in [0, 0.05) is 10.7 Å². The van der Waals surface area contributed by atoms with Gasteiger partial charge in [0.05, 0.1) is 17.1 Å². The summed E-state index contributed by atoms with van der Waals surface area (Å²) in [5.41, 5.74) is 2.33. The summed E-state index contributed by atoms with van der Waals surface area (Å²) in [6, 6.07) is 11.9. The molecule has 0 saturated carbocycles. The summed E-state index contributed by atoms with van der Waals surface area (Å²) < 4.78 is 0. The summed E-state index contributed by atoms with van der Waals surface area (Å²) in [5.74, 6) is -0.592. The minimum absolute atomic E-state index is 0.0931. The van der Waals surface area contributed by atoms with Crippen LogP contribution < -0.4 is 10.2 Å². The van der Waals surface area contributed by atoms with E-state index in [1.807, 2.05) is 31.2 Å². The molecule has 24 heavy (non-hydrogen) atoms. The monoisotopic (exact) mass is 362 g/mol. The number of amides is 2. The van der Waals surface area contributed by atoms with Gasteiger partial charge in [-0.1, -0.05) is 48.3 Å². The molecule has 0 spiro atoms. The maximum Gasteiger partial charge on any atom is 0.256 e. The van der Waals surface area contributed by atoms with Gasteiger partial charge in [-0.15, -0.1) is 0 Å². The Morgan fingerprint density at radius 3 is 2.62 bits per heavy atom. The number of carbonyl (C=O) groups excluding carboxylic acids is 2. The highest BCUT2D eigenvalue weighted by atomic mass is 35.5. The molecule has 0 radical (unpaired) electrons. The Labute approximate surface area is 150 Å². The summed E-state index contributed by atoms with van der Waals surface area (Å²) in [6.07, 6.45) is 0.931. The van der Waals surface area contributed by atoms with E-state index < -0.39 is 6.04 Å². The van der Waals surface area contributed by atoms with Crippen molar-refractivity contribution in [1.82, 2.24) is 0 Å². The van der Waals surface area contributed by atoms with E-state index in [2.05, 4.69) is 5.32 Å². The van der Waals surface area contributed by atoms with Crippen LogP contribution in [0.3, 0.4) is 0 Å². The molecule has 6 heteroatoms. The highest BCUT2D eigenvalue weighted by molar-refractivity contribution is 6.38. The molecule has 2 amide bonds. The van der Waals surface area contributed by atoms with Crippen LogP contribution in [0.4, 0.5) is 11.4 Å². The number of halogens is 2. The molecule has 2 aromatic rings. The quantitative estimate of drug-likeness (QED) is 0.824. The molecule has 4 nitrogen and oxygen atoms in total. The van der Waals surface area contributed by atoms with Crippen LogP contribution in [0.15, 0.2) is 42.5 Å². The number of nitrogens with one attached hydrogen (secondary N) is 1. The van der Waals surface area contributed by atoms with E-state index in [1.165, 1.54) is 6.07 Å². The predicted molar refractivity (Wildman–Crippen MR) is 96.8 cm³/mol. The Hall–Kier alpha value is -2.04. The van der Waals surface area contributed by atoms with E-state index in [4.69, 9.17) is 23.2 Å². The number of hydrogen-bond acceptors (Lipinski definition) is 3. The summed E-state index contributed by atoms with van der Waals surface area (Å²) in [6.45, 7) is 2.04. The third-order valence-electron chi connectivity index (χ3n) is 4.03. The van der Waals surface area contributed by atoms with Gasteiger partial charge in [0.15, 0.2) is 0 Å². The van der Waals surface area contributed by atoms with Gasteiger partial charge in [-0.05, 0) is 36.2 Å². The second kappa shape index (κ2) is 6.83. The number of hydrogen-bond donors (Lipinski definition) is 1. The van der Waals surface area contributed by atoms with E-state index in [1.54, 1.807) is 12.1 Å². The van der Waals surface area contributed by atoms with E-state index in [9.17, 15) is 9.59 Å². The number of nitrogens with zero attached hydrogens (tertiary/aromatic N) is 1. The molecular formula is C18H16Cl2N2O2. The van der Waals surface area contributed by atoms with Gasteiger partial charge in [0.1, 0.15) is 6.04 Å². The standard InChI is InChI=1S/C18H16Cl2N2O2/c1-2-11-5-3-4-6-14(11)21-15-10-17(23)22(18(15)24)16-8-7-12(19)9-13(16)20/h3-9,15,21H,2,10H2,1H3/t15-/m0/s1. The number of aryl methyl sites for hydroxylation is 1. The molecule has 1 aliphatic heterocycles. The molecule has 2 aromatic carbocycles. The molecule has 124 valence electrons. The zero-order valence-corrected chi connectivity index (χ0v) is 14.6. The van der Waals surface area contributed by atoms with Gasteiger partial charge < -0.3 is 5.32 Å². The molecule has 0 bridgehead atoms. The van der Waals surface area contributed by atoms with Crippen LogP contribution in [-0.2, 0) is 16.0 Å². The third-order valence-corrected chi connectivity index (χ3v) is 4.56. The minimum Gasteiger partial charge on any atom is -0.373 e. The zero-order valence-electron chi connectivity index (χ0n) is 13.1. The van der Waals surface area contributed by atoms with Crippen molar-refractivity contribution in [1.29, 1.82) is 0 Å². The zero-order chi connectivity index (χ0) is 17.3. The van der Waals surface area contributed by atoms with Crippen LogP contribution in [0.25, 0.3) is 0 Å². The first-order valence-electron chi connectivity index (χ1n) is 7.67. The normalized spacial score (nSPS) is 17.5. The molecule has 1 fully saturated rings. The average molecular weight is 363 g/mol. The molecule has 0 aromatic heterocycles. The lowest BCUT2D eigenvalue weighted by Gasteiger charge is -2.18. The predicted octanol–water partition coefficient (Wildman–Crippen LogP) is 4.30. The van der Waals surface area contributed by atoms with E-state index >= 15 is 0 Å². The van der Waals surface area contributed by atoms with Gasteiger partial charge in [-0.3, -0.25) is 9.59 Å². The van der Waals surface area contributed by atoms with Crippen molar-refractivity contribution >= 4 is 46.4 Å². The number of carbonyl (C=O) groups is 2.